The van der Waals surface area contributed by atoms with Gasteiger partial charge in [0.1, 0.15) is 5.01 Å². The Labute approximate surface area is 185 Å². The van der Waals surface area contributed by atoms with Gasteiger partial charge in [-0.1, -0.05) is 42.6 Å². The van der Waals surface area contributed by atoms with E-state index in [-0.39, 0.29) is 17.6 Å². The molecule has 1 aliphatic carbocycles. The highest BCUT2D eigenvalue weighted by Crippen LogP contribution is 2.31. The Hall–Kier alpha value is -2.22. The molecule has 8 heteroatoms. The molecule has 0 saturated heterocycles. The van der Waals surface area contributed by atoms with Crippen LogP contribution in [0.1, 0.15) is 31.4 Å². The SMILES string of the molecule is O=C(Cc1csc(-c2ccccc2Cl)n1)Nc1ccc(S(=O)(=O)C2CCCC2)cc1. The molecule has 4 rings (SSSR count). The molecule has 0 radical (unpaired) electrons. The van der Waals surface area contributed by atoms with Crippen LogP contribution < -0.4 is 5.32 Å². The van der Waals surface area contributed by atoms with E-state index in [1.54, 1.807) is 30.3 Å². The highest BCUT2D eigenvalue weighted by Gasteiger charge is 2.30. The van der Waals surface area contributed by atoms with Gasteiger partial charge in [0.25, 0.3) is 0 Å². The number of benzene rings is 2. The Bertz CT molecular complexity index is 1150. The van der Waals surface area contributed by atoms with Crippen LogP contribution >= 0.6 is 22.9 Å². The third-order valence-electron chi connectivity index (χ3n) is 5.21. The lowest BCUT2D eigenvalue weighted by Crippen LogP contribution is -2.18. The zero-order valence-electron chi connectivity index (χ0n) is 16.2. The van der Waals surface area contributed by atoms with E-state index in [0.29, 0.717) is 21.3 Å². The number of thiazole rings is 1. The van der Waals surface area contributed by atoms with E-state index in [1.807, 2.05) is 23.6 Å². The van der Waals surface area contributed by atoms with Crippen molar-refractivity contribution in [3.8, 4) is 10.6 Å². The largest absolute Gasteiger partial charge is 0.326 e. The van der Waals surface area contributed by atoms with Crippen molar-refractivity contribution in [2.45, 2.75) is 42.2 Å². The van der Waals surface area contributed by atoms with Gasteiger partial charge in [0.05, 0.1) is 27.3 Å². The molecule has 1 fully saturated rings. The minimum Gasteiger partial charge on any atom is -0.326 e. The molecule has 5 nitrogen and oxygen atoms in total. The zero-order valence-corrected chi connectivity index (χ0v) is 18.6. The average Bonchev–Trinajstić information content (AvgIpc) is 3.41. The van der Waals surface area contributed by atoms with Crippen molar-refractivity contribution in [1.29, 1.82) is 0 Å². The molecule has 1 amide bonds. The molecule has 1 aromatic heterocycles. The molecule has 2 aromatic carbocycles. The summed E-state index contributed by atoms with van der Waals surface area (Å²) in [6, 6.07) is 13.9. The molecule has 0 atom stereocenters. The molecular formula is C22H21ClN2O3S2. The van der Waals surface area contributed by atoms with E-state index < -0.39 is 9.84 Å². The fourth-order valence-electron chi connectivity index (χ4n) is 3.64. The summed E-state index contributed by atoms with van der Waals surface area (Å²) in [6.45, 7) is 0. The second-order valence-corrected chi connectivity index (χ2v) is 10.8. The molecule has 1 saturated carbocycles. The van der Waals surface area contributed by atoms with Crippen LogP contribution in [0.15, 0.2) is 58.8 Å². The Morgan fingerprint density at radius 2 is 1.80 bits per heavy atom. The Morgan fingerprint density at radius 1 is 1.10 bits per heavy atom. The van der Waals surface area contributed by atoms with Crippen molar-refractivity contribution in [3.05, 3.63) is 64.6 Å². The highest BCUT2D eigenvalue weighted by atomic mass is 35.5. The second-order valence-electron chi connectivity index (χ2n) is 7.32. The lowest BCUT2D eigenvalue weighted by molar-refractivity contribution is -0.115. The molecule has 0 unspecified atom stereocenters. The van der Waals surface area contributed by atoms with Crippen LogP contribution in [0.5, 0.6) is 0 Å². The molecule has 30 heavy (non-hydrogen) atoms. The van der Waals surface area contributed by atoms with Gasteiger partial charge in [-0.2, -0.15) is 0 Å². The third-order valence-corrected chi connectivity index (χ3v) is 8.74. The van der Waals surface area contributed by atoms with Crippen molar-refractivity contribution >= 4 is 44.4 Å². The standard InChI is InChI=1S/C22H21ClN2O3S2/c23-20-8-4-3-7-19(20)22-25-16(14-29-22)13-21(26)24-15-9-11-18(12-10-15)30(27,28)17-5-1-2-6-17/h3-4,7-12,14,17H,1-2,5-6,13H2,(H,24,26). The number of anilines is 1. The predicted octanol–water partition coefficient (Wildman–Crippen LogP) is 5.36. The van der Waals surface area contributed by atoms with Crippen LogP contribution in [0.2, 0.25) is 5.02 Å². The summed E-state index contributed by atoms with van der Waals surface area (Å²) in [7, 11) is -3.29. The molecule has 156 valence electrons. The fourth-order valence-corrected chi connectivity index (χ4v) is 6.63. The Morgan fingerprint density at radius 3 is 2.50 bits per heavy atom. The number of carbonyl (C=O) groups excluding carboxylic acids is 1. The lowest BCUT2D eigenvalue weighted by atomic mass is 10.2. The maximum atomic E-state index is 12.6. The van der Waals surface area contributed by atoms with Gasteiger partial charge < -0.3 is 5.32 Å². The van der Waals surface area contributed by atoms with E-state index in [1.165, 1.54) is 11.3 Å². The number of hydrogen-bond donors (Lipinski definition) is 1. The first-order valence-corrected chi connectivity index (χ1v) is 12.6. The maximum Gasteiger partial charge on any atom is 0.230 e. The first kappa shape index (κ1) is 21.0. The summed E-state index contributed by atoms with van der Waals surface area (Å²) in [4.78, 5) is 17.2. The zero-order chi connectivity index (χ0) is 21.1. The van der Waals surface area contributed by atoms with E-state index in [0.717, 1.165) is 36.3 Å². The number of amides is 1. The molecule has 0 spiro atoms. The summed E-state index contributed by atoms with van der Waals surface area (Å²) in [5, 5.41) is 5.75. The number of hydrogen-bond acceptors (Lipinski definition) is 5. The number of rotatable bonds is 6. The van der Waals surface area contributed by atoms with Crippen molar-refractivity contribution in [3.63, 3.8) is 0 Å². The van der Waals surface area contributed by atoms with Crippen molar-refractivity contribution < 1.29 is 13.2 Å². The number of aromatic nitrogens is 1. The van der Waals surface area contributed by atoms with E-state index in [4.69, 9.17) is 11.6 Å². The fraction of sp³-hybridized carbons (Fsp3) is 0.273. The van der Waals surface area contributed by atoms with Crippen molar-refractivity contribution in [2.75, 3.05) is 5.32 Å². The molecular weight excluding hydrogens is 440 g/mol. The number of nitrogens with zero attached hydrogens (tertiary/aromatic N) is 1. The van der Waals surface area contributed by atoms with Crippen LogP contribution in [0.3, 0.4) is 0 Å². The van der Waals surface area contributed by atoms with Gasteiger partial charge in [0, 0.05) is 16.6 Å². The van der Waals surface area contributed by atoms with Crippen molar-refractivity contribution in [2.24, 2.45) is 0 Å². The van der Waals surface area contributed by atoms with Gasteiger partial charge in [-0.3, -0.25) is 4.79 Å². The number of carbonyl (C=O) groups is 1. The summed E-state index contributed by atoms with van der Waals surface area (Å²) >= 11 is 7.65. The quantitative estimate of drug-likeness (QED) is 0.537. The first-order valence-electron chi connectivity index (χ1n) is 9.76. The van der Waals surface area contributed by atoms with Gasteiger partial charge in [0.15, 0.2) is 9.84 Å². The highest BCUT2D eigenvalue weighted by molar-refractivity contribution is 7.92. The van der Waals surface area contributed by atoms with Gasteiger partial charge in [0.2, 0.25) is 5.91 Å². The average molecular weight is 461 g/mol. The summed E-state index contributed by atoms with van der Waals surface area (Å²) in [6.07, 6.45) is 3.51. The molecule has 1 N–H and O–H groups in total. The predicted molar refractivity (Wildman–Crippen MR) is 121 cm³/mol. The van der Waals surface area contributed by atoms with Crippen LogP contribution in [-0.2, 0) is 21.1 Å². The molecule has 1 aliphatic rings. The van der Waals surface area contributed by atoms with E-state index >= 15 is 0 Å². The minimum atomic E-state index is -3.29. The molecule has 1 heterocycles. The minimum absolute atomic E-state index is 0.128. The van der Waals surface area contributed by atoms with E-state index in [2.05, 4.69) is 10.3 Å². The van der Waals surface area contributed by atoms with Gasteiger partial charge in [-0.15, -0.1) is 11.3 Å². The van der Waals surface area contributed by atoms with E-state index in [9.17, 15) is 13.2 Å². The van der Waals surface area contributed by atoms with Gasteiger partial charge in [-0.25, -0.2) is 13.4 Å². The summed E-state index contributed by atoms with van der Waals surface area (Å²) < 4.78 is 25.3. The number of nitrogens with one attached hydrogen (secondary N) is 1. The third kappa shape index (κ3) is 4.58. The van der Waals surface area contributed by atoms with Crippen molar-refractivity contribution in [1.82, 2.24) is 4.98 Å². The Balaban J connectivity index is 1.39. The first-order chi connectivity index (χ1) is 14.4. The van der Waals surface area contributed by atoms with Crippen LogP contribution in [0.25, 0.3) is 10.6 Å². The number of sulfone groups is 1. The normalized spacial score (nSPS) is 14.7. The van der Waals surface area contributed by atoms with Crippen LogP contribution in [0.4, 0.5) is 5.69 Å². The topological polar surface area (TPSA) is 76.1 Å². The smallest absolute Gasteiger partial charge is 0.230 e. The molecule has 3 aromatic rings. The second kappa shape index (κ2) is 8.88. The monoisotopic (exact) mass is 460 g/mol. The summed E-state index contributed by atoms with van der Waals surface area (Å²) in [5.74, 6) is -0.211. The molecule has 0 aliphatic heterocycles. The van der Waals surface area contributed by atoms with Crippen LogP contribution in [-0.4, -0.2) is 24.6 Å². The van der Waals surface area contributed by atoms with Gasteiger partial charge >= 0.3 is 0 Å². The maximum absolute atomic E-state index is 12.6. The molecule has 0 bridgehead atoms. The van der Waals surface area contributed by atoms with Crippen LogP contribution in [0, 0.1) is 0 Å². The lowest BCUT2D eigenvalue weighted by Gasteiger charge is -2.12. The number of halogens is 1. The Kier molecular flexibility index (Phi) is 6.22. The summed E-state index contributed by atoms with van der Waals surface area (Å²) in [5.41, 5.74) is 2.06. The van der Waals surface area contributed by atoms with Gasteiger partial charge in [-0.05, 0) is 43.2 Å².